The summed E-state index contributed by atoms with van der Waals surface area (Å²) in [6.07, 6.45) is 1.52. The Bertz CT molecular complexity index is 779. The summed E-state index contributed by atoms with van der Waals surface area (Å²) >= 11 is 5.67. The van der Waals surface area contributed by atoms with Crippen LogP contribution in [0.1, 0.15) is 12.1 Å². The van der Waals surface area contributed by atoms with Crippen molar-refractivity contribution < 1.29 is 4.39 Å². The average Bonchev–Trinajstić information content (AvgIpc) is 2.80. The lowest BCUT2D eigenvalue weighted by Crippen LogP contribution is -2.38. The smallest absolute Gasteiger partial charge is 0.297 e. The lowest BCUT2D eigenvalue weighted by atomic mass is 10.3. The summed E-state index contributed by atoms with van der Waals surface area (Å²) in [6.45, 7) is 0.559. The number of halogens is 2. The summed E-state index contributed by atoms with van der Waals surface area (Å²) in [5.74, 6) is -0.690. The van der Waals surface area contributed by atoms with Gasteiger partial charge in [0.1, 0.15) is 5.82 Å². The normalized spacial score (nSPS) is 13.6. The van der Waals surface area contributed by atoms with Gasteiger partial charge in [-0.3, -0.25) is 9.36 Å². The molecule has 0 saturated carbocycles. The highest BCUT2D eigenvalue weighted by Crippen LogP contribution is 2.17. The van der Waals surface area contributed by atoms with Crippen LogP contribution in [0.2, 0.25) is 5.02 Å². The van der Waals surface area contributed by atoms with Crippen LogP contribution in [0, 0.1) is 5.82 Å². The number of hydrogen-bond acceptors (Lipinski definition) is 2. The topological polar surface area (TPSA) is 44.0 Å². The highest BCUT2D eigenvalue weighted by atomic mass is 35.5. The van der Waals surface area contributed by atoms with E-state index in [9.17, 15) is 14.0 Å². The van der Waals surface area contributed by atoms with Crippen LogP contribution in [0.3, 0.4) is 0 Å². The minimum atomic E-state index is -0.690. The Morgan fingerprint density at radius 1 is 1.21 bits per heavy atom. The van der Waals surface area contributed by atoms with E-state index in [4.69, 9.17) is 11.6 Å². The Morgan fingerprint density at radius 3 is 2.74 bits per heavy atom. The predicted molar refractivity (Wildman–Crippen MR) is 69.6 cm³/mol. The predicted octanol–water partition coefficient (Wildman–Crippen LogP) is 1.74. The first-order valence-corrected chi connectivity index (χ1v) is 6.27. The third-order valence-corrected chi connectivity index (χ3v) is 3.48. The van der Waals surface area contributed by atoms with E-state index >= 15 is 0 Å². The van der Waals surface area contributed by atoms with Crippen LogP contribution in [0.4, 0.5) is 4.39 Å². The molecule has 1 aliphatic rings. The maximum Gasteiger partial charge on any atom is 0.335 e. The first kappa shape index (κ1) is 12.2. The van der Waals surface area contributed by atoms with Crippen molar-refractivity contribution in [3.05, 3.63) is 61.6 Å². The standard InChI is InChI=1S/C13H10ClFN2O2/c14-8-3-4-11(10(15)6-8)17-12(18)7-9-2-1-5-16(9)13(17)19/h3-4,6-7H,1-2,5H2. The second kappa shape index (κ2) is 4.35. The van der Waals surface area contributed by atoms with Gasteiger partial charge < -0.3 is 0 Å². The third-order valence-electron chi connectivity index (χ3n) is 3.24. The number of rotatable bonds is 1. The summed E-state index contributed by atoms with van der Waals surface area (Å²) in [6, 6.07) is 5.26. The van der Waals surface area contributed by atoms with Crippen molar-refractivity contribution in [1.82, 2.24) is 9.13 Å². The Labute approximate surface area is 112 Å². The molecule has 0 bridgehead atoms. The van der Waals surface area contributed by atoms with E-state index in [1.54, 1.807) is 0 Å². The van der Waals surface area contributed by atoms with Crippen LogP contribution in [0.5, 0.6) is 0 Å². The van der Waals surface area contributed by atoms with E-state index in [1.807, 2.05) is 0 Å². The van der Waals surface area contributed by atoms with E-state index in [2.05, 4.69) is 0 Å². The maximum absolute atomic E-state index is 13.9. The number of hydrogen-bond donors (Lipinski definition) is 0. The Morgan fingerprint density at radius 2 is 2.00 bits per heavy atom. The Kier molecular flexibility index (Phi) is 2.78. The van der Waals surface area contributed by atoms with E-state index in [-0.39, 0.29) is 10.7 Å². The number of nitrogens with zero attached hydrogens (tertiary/aromatic N) is 2. The molecule has 0 amide bonds. The van der Waals surface area contributed by atoms with Gasteiger partial charge in [0.25, 0.3) is 5.56 Å². The second-order valence-corrected chi connectivity index (χ2v) is 4.88. The largest absolute Gasteiger partial charge is 0.335 e. The summed E-state index contributed by atoms with van der Waals surface area (Å²) in [5.41, 5.74) is -0.372. The molecule has 6 heteroatoms. The zero-order valence-electron chi connectivity index (χ0n) is 9.90. The molecule has 3 rings (SSSR count). The fraction of sp³-hybridized carbons (Fsp3) is 0.231. The van der Waals surface area contributed by atoms with Crippen LogP contribution in [0.25, 0.3) is 5.69 Å². The molecule has 2 aromatic rings. The van der Waals surface area contributed by atoms with Crippen molar-refractivity contribution in [1.29, 1.82) is 0 Å². The van der Waals surface area contributed by atoms with E-state index in [0.717, 1.165) is 17.1 Å². The molecule has 0 fully saturated rings. The molecule has 0 unspecified atom stereocenters. The second-order valence-electron chi connectivity index (χ2n) is 4.44. The van der Waals surface area contributed by atoms with E-state index < -0.39 is 17.1 Å². The van der Waals surface area contributed by atoms with Gasteiger partial charge in [0.2, 0.25) is 0 Å². The van der Waals surface area contributed by atoms with E-state index in [0.29, 0.717) is 18.7 Å². The summed E-state index contributed by atoms with van der Waals surface area (Å²) in [4.78, 5) is 24.2. The van der Waals surface area contributed by atoms with Crippen LogP contribution in [0.15, 0.2) is 33.9 Å². The first-order chi connectivity index (χ1) is 9.08. The van der Waals surface area contributed by atoms with E-state index in [1.165, 1.54) is 22.8 Å². The summed E-state index contributed by atoms with van der Waals surface area (Å²) in [7, 11) is 0. The Balaban J connectivity index is 2.32. The van der Waals surface area contributed by atoms with Crippen LogP contribution >= 0.6 is 11.6 Å². The molecule has 0 aliphatic carbocycles. The number of fused-ring (bicyclic) bond motifs is 1. The molecule has 0 saturated heterocycles. The van der Waals surface area contributed by atoms with Crippen molar-refractivity contribution in [2.45, 2.75) is 19.4 Å². The highest BCUT2D eigenvalue weighted by molar-refractivity contribution is 6.30. The third kappa shape index (κ3) is 1.90. The average molecular weight is 281 g/mol. The number of aryl methyl sites for hydroxylation is 1. The molecule has 2 heterocycles. The molecule has 0 atom stereocenters. The highest BCUT2D eigenvalue weighted by Gasteiger charge is 2.18. The molecule has 4 nitrogen and oxygen atoms in total. The molecule has 0 radical (unpaired) electrons. The van der Waals surface area contributed by atoms with Crippen molar-refractivity contribution in [2.24, 2.45) is 0 Å². The molecule has 0 spiro atoms. The van der Waals surface area contributed by atoms with Gasteiger partial charge in [-0.2, -0.15) is 0 Å². The minimum absolute atomic E-state index is 0.0680. The van der Waals surface area contributed by atoms with Crippen LogP contribution < -0.4 is 11.2 Å². The lowest BCUT2D eigenvalue weighted by molar-refractivity contribution is 0.600. The van der Waals surface area contributed by atoms with Crippen LogP contribution in [-0.4, -0.2) is 9.13 Å². The monoisotopic (exact) mass is 280 g/mol. The summed E-state index contributed by atoms with van der Waals surface area (Å²) in [5, 5.41) is 0.218. The van der Waals surface area contributed by atoms with Gasteiger partial charge in [0, 0.05) is 23.3 Å². The van der Waals surface area contributed by atoms with Crippen LogP contribution in [-0.2, 0) is 13.0 Å². The quantitative estimate of drug-likeness (QED) is 0.799. The van der Waals surface area contributed by atoms with Gasteiger partial charge in [0.05, 0.1) is 5.69 Å². The lowest BCUT2D eigenvalue weighted by Gasteiger charge is -2.09. The van der Waals surface area contributed by atoms with Gasteiger partial charge in [-0.05, 0) is 31.0 Å². The van der Waals surface area contributed by atoms with Gasteiger partial charge in [0.15, 0.2) is 0 Å². The maximum atomic E-state index is 13.9. The summed E-state index contributed by atoms with van der Waals surface area (Å²) < 4.78 is 16.2. The van der Waals surface area contributed by atoms with Gasteiger partial charge in [-0.1, -0.05) is 11.6 Å². The SMILES string of the molecule is O=c1cc2n(c(=O)n1-c1ccc(Cl)cc1F)CCC2. The van der Waals surface area contributed by atoms with Crippen molar-refractivity contribution in [2.75, 3.05) is 0 Å². The zero-order chi connectivity index (χ0) is 13.6. The molecule has 19 heavy (non-hydrogen) atoms. The fourth-order valence-corrected chi connectivity index (χ4v) is 2.53. The Hall–Kier alpha value is -1.88. The molecule has 1 aliphatic heterocycles. The molecule has 98 valence electrons. The first-order valence-electron chi connectivity index (χ1n) is 5.89. The molecule has 1 aromatic carbocycles. The van der Waals surface area contributed by atoms with Crippen molar-refractivity contribution in [3.63, 3.8) is 0 Å². The van der Waals surface area contributed by atoms with Gasteiger partial charge in [-0.25, -0.2) is 13.8 Å². The zero-order valence-corrected chi connectivity index (χ0v) is 10.7. The van der Waals surface area contributed by atoms with Gasteiger partial charge >= 0.3 is 5.69 Å². The van der Waals surface area contributed by atoms with Crippen molar-refractivity contribution >= 4 is 11.6 Å². The molecule has 1 aromatic heterocycles. The molecular weight excluding hydrogens is 271 g/mol. The minimum Gasteiger partial charge on any atom is -0.297 e. The molecule has 0 N–H and O–H groups in total. The number of benzene rings is 1. The molecular formula is C13H10ClFN2O2. The number of aromatic nitrogens is 2. The van der Waals surface area contributed by atoms with Gasteiger partial charge in [-0.15, -0.1) is 0 Å². The fourth-order valence-electron chi connectivity index (χ4n) is 2.37. The van der Waals surface area contributed by atoms with Crippen molar-refractivity contribution in [3.8, 4) is 5.69 Å².